The molecule has 0 aliphatic rings. The van der Waals surface area contributed by atoms with Crippen molar-refractivity contribution in [3.8, 4) is 0 Å². The van der Waals surface area contributed by atoms with E-state index in [4.69, 9.17) is 0 Å². The minimum Gasteiger partial charge on any atom is -0.299 e. The highest BCUT2D eigenvalue weighted by Crippen LogP contribution is 2.30. The molecule has 0 saturated heterocycles. The van der Waals surface area contributed by atoms with Crippen LogP contribution in [0.1, 0.15) is 58.3 Å². The zero-order valence-corrected chi connectivity index (χ0v) is 21.6. The Kier molecular flexibility index (Phi) is 9.27. The van der Waals surface area contributed by atoms with Gasteiger partial charge in [-0.25, -0.2) is 8.42 Å². The predicted molar refractivity (Wildman–Crippen MR) is 138 cm³/mol. The second-order valence-corrected chi connectivity index (χ2v) is 10.2. The molecule has 174 valence electrons. The Hall–Kier alpha value is -2.62. The summed E-state index contributed by atoms with van der Waals surface area (Å²) in [4.78, 5) is 24.8. The molecule has 33 heavy (non-hydrogen) atoms. The van der Waals surface area contributed by atoms with E-state index >= 15 is 0 Å². The smallest absolute Gasteiger partial charge is 0.185 e. The molecule has 0 heterocycles. The number of aryl methyl sites for hydroxylation is 2. The quantitative estimate of drug-likeness (QED) is 0.298. The van der Waals surface area contributed by atoms with Gasteiger partial charge in [0.15, 0.2) is 15.6 Å². The molecule has 4 nitrogen and oxygen atoms in total. The summed E-state index contributed by atoms with van der Waals surface area (Å²) in [5, 5.41) is 0. The SMILES string of the molecule is CCC(=O)CS(=O)(=O)c1ccc(C(=O)CC(c2ccc(C)cc2)c2ccc(C)cc2)cc1.P. The highest BCUT2D eigenvalue weighted by molar-refractivity contribution is 7.92. The second-order valence-electron chi connectivity index (χ2n) is 8.18. The Morgan fingerprint density at radius 2 is 1.21 bits per heavy atom. The number of sulfone groups is 1. The first-order valence-electron chi connectivity index (χ1n) is 10.7. The third-order valence-corrected chi connectivity index (χ3v) is 7.32. The van der Waals surface area contributed by atoms with Crippen LogP contribution in [0.3, 0.4) is 0 Å². The molecule has 1 atom stereocenters. The number of benzene rings is 3. The molecule has 3 aromatic carbocycles. The molecule has 3 rings (SSSR count). The number of hydrogen-bond donors (Lipinski definition) is 0. The van der Waals surface area contributed by atoms with Crippen LogP contribution in [-0.4, -0.2) is 25.7 Å². The molecule has 0 radical (unpaired) electrons. The Bertz CT molecular complexity index is 1150. The zero-order valence-electron chi connectivity index (χ0n) is 19.4. The Balaban J connectivity index is 0.00000385. The third kappa shape index (κ3) is 6.93. The lowest BCUT2D eigenvalue weighted by molar-refractivity contribution is -0.116. The summed E-state index contributed by atoms with van der Waals surface area (Å²) in [7, 11) is -3.69. The number of hydrogen-bond acceptors (Lipinski definition) is 4. The fourth-order valence-corrected chi connectivity index (χ4v) is 4.92. The number of rotatable bonds is 9. The monoisotopic (exact) mass is 482 g/mol. The van der Waals surface area contributed by atoms with Crippen molar-refractivity contribution in [1.82, 2.24) is 0 Å². The lowest BCUT2D eigenvalue weighted by Gasteiger charge is -2.18. The third-order valence-electron chi connectivity index (χ3n) is 5.63. The zero-order chi connectivity index (χ0) is 23.3. The molecular weight excluding hydrogens is 451 g/mol. The van der Waals surface area contributed by atoms with E-state index in [0.717, 1.165) is 22.3 Å². The van der Waals surface area contributed by atoms with Crippen LogP contribution >= 0.6 is 9.90 Å². The van der Waals surface area contributed by atoms with Crippen LogP contribution in [0, 0.1) is 13.8 Å². The van der Waals surface area contributed by atoms with Crippen molar-refractivity contribution in [3.63, 3.8) is 0 Å². The number of ketones is 2. The van der Waals surface area contributed by atoms with Gasteiger partial charge in [0.2, 0.25) is 0 Å². The molecular formula is C27H31O4PS. The maximum absolute atomic E-state index is 13.1. The van der Waals surface area contributed by atoms with E-state index in [1.165, 1.54) is 24.3 Å². The van der Waals surface area contributed by atoms with Gasteiger partial charge in [-0.15, -0.1) is 0 Å². The van der Waals surface area contributed by atoms with Gasteiger partial charge in [-0.2, -0.15) is 9.90 Å². The van der Waals surface area contributed by atoms with Crippen molar-refractivity contribution in [2.45, 2.75) is 44.4 Å². The highest BCUT2D eigenvalue weighted by Gasteiger charge is 2.21. The van der Waals surface area contributed by atoms with Gasteiger partial charge in [0, 0.05) is 24.3 Å². The van der Waals surface area contributed by atoms with Gasteiger partial charge in [0.05, 0.1) is 4.90 Å². The topological polar surface area (TPSA) is 68.3 Å². The lowest BCUT2D eigenvalue weighted by atomic mass is 9.85. The maximum atomic E-state index is 13.1. The average Bonchev–Trinajstić information content (AvgIpc) is 2.78. The minimum atomic E-state index is -3.69. The normalized spacial score (nSPS) is 11.2. The van der Waals surface area contributed by atoms with E-state index in [9.17, 15) is 18.0 Å². The largest absolute Gasteiger partial charge is 0.299 e. The van der Waals surface area contributed by atoms with Crippen molar-refractivity contribution >= 4 is 31.3 Å². The molecule has 0 spiro atoms. The number of carbonyl (C=O) groups excluding carboxylic acids is 2. The average molecular weight is 483 g/mol. The van der Waals surface area contributed by atoms with Crippen LogP contribution in [0.5, 0.6) is 0 Å². The Labute approximate surface area is 200 Å². The van der Waals surface area contributed by atoms with Crippen molar-refractivity contribution in [2.24, 2.45) is 0 Å². The molecule has 0 amide bonds. The van der Waals surface area contributed by atoms with Gasteiger partial charge in [-0.05, 0) is 37.1 Å². The first-order valence-corrected chi connectivity index (χ1v) is 12.4. The first kappa shape index (κ1) is 26.6. The standard InChI is InChI=1S/C27H28O4S.H3P/c1-4-24(28)18-32(30,31)25-15-13-23(14-16-25)27(29)17-26(21-9-5-19(2)6-10-21)22-11-7-20(3)8-12-22;/h5-16,26H,4,17-18H2,1-3H3;1H3. The molecule has 0 saturated carbocycles. The van der Waals surface area contributed by atoms with Crippen LogP contribution in [0.4, 0.5) is 0 Å². The summed E-state index contributed by atoms with van der Waals surface area (Å²) in [6.07, 6.45) is 0.446. The van der Waals surface area contributed by atoms with Crippen molar-refractivity contribution in [2.75, 3.05) is 5.75 Å². The molecule has 1 unspecified atom stereocenters. The highest BCUT2D eigenvalue weighted by atomic mass is 32.2. The number of carbonyl (C=O) groups is 2. The predicted octanol–water partition coefficient (Wildman–Crippen LogP) is 5.52. The summed E-state index contributed by atoms with van der Waals surface area (Å²) in [6, 6.07) is 22.3. The molecule has 0 bridgehead atoms. The molecule has 0 aliphatic carbocycles. The molecule has 0 aliphatic heterocycles. The van der Waals surface area contributed by atoms with E-state index in [2.05, 4.69) is 0 Å². The van der Waals surface area contributed by atoms with Crippen molar-refractivity contribution in [1.29, 1.82) is 0 Å². The second kappa shape index (κ2) is 11.5. The van der Waals surface area contributed by atoms with Gasteiger partial charge < -0.3 is 0 Å². The van der Waals surface area contributed by atoms with Crippen LogP contribution in [0.2, 0.25) is 0 Å². The summed E-state index contributed by atoms with van der Waals surface area (Å²) < 4.78 is 24.8. The molecule has 0 aromatic heterocycles. The van der Waals surface area contributed by atoms with E-state index in [1.807, 2.05) is 62.4 Å². The summed E-state index contributed by atoms with van der Waals surface area (Å²) >= 11 is 0. The summed E-state index contributed by atoms with van der Waals surface area (Å²) in [5.41, 5.74) is 4.88. The minimum absolute atomic E-state index is 0. The van der Waals surface area contributed by atoms with Gasteiger partial charge in [-0.3, -0.25) is 9.59 Å². The van der Waals surface area contributed by atoms with Crippen LogP contribution in [0.25, 0.3) is 0 Å². The van der Waals surface area contributed by atoms with E-state index < -0.39 is 15.6 Å². The van der Waals surface area contributed by atoms with Crippen molar-refractivity contribution < 1.29 is 18.0 Å². The van der Waals surface area contributed by atoms with E-state index in [-0.39, 0.29) is 45.1 Å². The van der Waals surface area contributed by atoms with Gasteiger partial charge in [0.1, 0.15) is 11.5 Å². The van der Waals surface area contributed by atoms with Crippen molar-refractivity contribution in [3.05, 3.63) is 101 Å². The molecule has 0 N–H and O–H groups in total. The Morgan fingerprint density at radius 3 is 1.64 bits per heavy atom. The van der Waals surface area contributed by atoms with Crippen LogP contribution < -0.4 is 0 Å². The summed E-state index contributed by atoms with van der Waals surface area (Å²) in [5.74, 6) is -1.01. The fourth-order valence-electron chi connectivity index (χ4n) is 3.57. The first-order chi connectivity index (χ1) is 15.2. The molecule has 3 aromatic rings. The maximum Gasteiger partial charge on any atom is 0.185 e. The van der Waals surface area contributed by atoms with Gasteiger partial charge >= 0.3 is 0 Å². The number of Topliss-reactive ketones (excluding diaryl/α,β-unsaturated/α-hetero) is 2. The molecule has 0 fully saturated rings. The Morgan fingerprint density at radius 1 is 0.758 bits per heavy atom. The van der Waals surface area contributed by atoms with E-state index in [1.54, 1.807) is 6.92 Å². The fraction of sp³-hybridized carbons (Fsp3) is 0.259. The lowest BCUT2D eigenvalue weighted by Crippen LogP contribution is -2.15. The van der Waals surface area contributed by atoms with E-state index in [0.29, 0.717) is 5.56 Å². The molecule has 6 heteroatoms. The van der Waals surface area contributed by atoms with Gasteiger partial charge in [0.25, 0.3) is 0 Å². The summed E-state index contributed by atoms with van der Waals surface area (Å²) in [6.45, 7) is 5.69. The van der Waals surface area contributed by atoms with Gasteiger partial charge in [-0.1, -0.05) is 78.7 Å². The van der Waals surface area contributed by atoms with Crippen LogP contribution in [-0.2, 0) is 14.6 Å². The van der Waals surface area contributed by atoms with Crippen LogP contribution in [0.15, 0.2) is 77.7 Å².